The molecule has 0 unspecified atom stereocenters. The molecule has 1 fully saturated rings. The summed E-state index contributed by atoms with van der Waals surface area (Å²) < 4.78 is 0. The quantitative estimate of drug-likeness (QED) is 0.833. The highest BCUT2D eigenvalue weighted by Gasteiger charge is 2.34. The predicted octanol–water partition coefficient (Wildman–Crippen LogP) is 3.21. The van der Waals surface area contributed by atoms with Crippen LogP contribution in [0.5, 0.6) is 5.75 Å². The van der Waals surface area contributed by atoms with Gasteiger partial charge in [-0.25, -0.2) is 0 Å². The molecular formula is C13H18ClNO. The van der Waals surface area contributed by atoms with Crippen molar-refractivity contribution in [1.82, 2.24) is 0 Å². The van der Waals surface area contributed by atoms with Crippen molar-refractivity contribution in [3.8, 4) is 5.75 Å². The molecule has 0 saturated heterocycles. The van der Waals surface area contributed by atoms with Gasteiger partial charge in [0.25, 0.3) is 0 Å². The molecule has 1 saturated carbocycles. The fourth-order valence-electron chi connectivity index (χ4n) is 2.77. The summed E-state index contributed by atoms with van der Waals surface area (Å²) in [5.41, 5.74) is 6.87. The van der Waals surface area contributed by atoms with Gasteiger partial charge in [0.2, 0.25) is 0 Å². The summed E-state index contributed by atoms with van der Waals surface area (Å²) in [5, 5.41) is 10.6. The Morgan fingerprint density at radius 1 is 1.25 bits per heavy atom. The van der Waals surface area contributed by atoms with Crippen LogP contribution in [0.25, 0.3) is 0 Å². The van der Waals surface area contributed by atoms with Crippen molar-refractivity contribution in [2.45, 2.75) is 37.5 Å². The lowest BCUT2D eigenvalue weighted by Gasteiger charge is -2.37. The molecule has 0 spiro atoms. The van der Waals surface area contributed by atoms with Crippen molar-refractivity contribution < 1.29 is 5.11 Å². The molecule has 0 aliphatic heterocycles. The maximum Gasteiger partial charge on any atom is 0.120 e. The van der Waals surface area contributed by atoms with Gasteiger partial charge in [-0.05, 0) is 25.0 Å². The van der Waals surface area contributed by atoms with Crippen molar-refractivity contribution in [1.29, 1.82) is 0 Å². The predicted molar refractivity (Wildman–Crippen MR) is 66.9 cm³/mol. The van der Waals surface area contributed by atoms with Crippen LogP contribution in [0.3, 0.4) is 0 Å². The number of hydrogen-bond donors (Lipinski definition) is 2. The van der Waals surface area contributed by atoms with Crippen molar-refractivity contribution in [3.63, 3.8) is 0 Å². The molecule has 1 aliphatic carbocycles. The Morgan fingerprint density at radius 2 is 1.94 bits per heavy atom. The Kier molecular flexibility index (Phi) is 3.41. The summed E-state index contributed by atoms with van der Waals surface area (Å²) in [4.78, 5) is 0. The number of phenols is 1. The molecule has 1 aromatic carbocycles. The topological polar surface area (TPSA) is 46.2 Å². The molecule has 0 heterocycles. The van der Waals surface area contributed by atoms with E-state index in [2.05, 4.69) is 0 Å². The number of halogens is 1. The first-order chi connectivity index (χ1) is 7.68. The zero-order chi connectivity index (χ0) is 11.6. The minimum Gasteiger partial charge on any atom is -0.508 e. The fourth-order valence-corrected chi connectivity index (χ4v) is 2.93. The smallest absolute Gasteiger partial charge is 0.120 e. The average Bonchev–Trinajstić information content (AvgIpc) is 2.30. The second kappa shape index (κ2) is 4.64. The first kappa shape index (κ1) is 11.7. The maximum absolute atomic E-state index is 10.00. The Bertz CT molecular complexity index is 372. The third-order valence-corrected chi connectivity index (χ3v) is 3.97. The van der Waals surface area contributed by atoms with Crippen LogP contribution in [-0.4, -0.2) is 11.7 Å². The normalized spacial score (nSPS) is 19.6. The number of aromatic hydroxyl groups is 1. The second-order valence-electron chi connectivity index (χ2n) is 4.71. The lowest BCUT2D eigenvalue weighted by Crippen LogP contribution is -2.37. The van der Waals surface area contributed by atoms with Crippen molar-refractivity contribution in [2.75, 3.05) is 6.54 Å². The van der Waals surface area contributed by atoms with Crippen LogP contribution in [0.4, 0.5) is 0 Å². The largest absolute Gasteiger partial charge is 0.508 e. The van der Waals surface area contributed by atoms with E-state index in [0.717, 1.165) is 18.4 Å². The van der Waals surface area contributed by atoms with Gasteiger partial charge in [0, 0.05) is 22.5 Å². The molecule has 3 N–H and O–H groups in total. The molecule has 0 aromatic heterocycles. The molecule has 0 bridgehead atoms. The van der Waals surface area contributed by atoms with Gasteiger partial charge in [0.15, 0.2) is 0 Å². The van der Waals surface area contributed by atoms with Crippen LogP contribution in [0.1, 0.15) is 37.7 Å². The first-order valence-corrected chi connectivity index (χ1v) is 6.25. The summed E-state index contributed by atoms with van der Waals surface area (Å²) in [7, 11) is 0. The highest BCUT2D eigenvalue weighted by atomic mass is 35.5. The highest BCUT2D eigenvalue weighted by Crippen LogP contribution is 2.42. The number of rotatable bonds is 2. The van der Waals surface area contributed by atoms with Gasteiger partial charge in [-0.15, -0.1) is 0 Å². The summed E-state index contributed by atoms with van der Waals surface area (Å²) in [6.07, 6.45) is 5.80. The molecule has 0 amide bonds. The van der Waals surface area contributed by atoms with Gasteiger partial charge in [-0.3, -0.25) is 0 Å². The third-order valence-electron chi connectivity index (χ3n) is 3.73. The summed E-state index contributed by atoms with van der Waals surface area (Å²) >= 11 is 5.85. The standard InChI is InChI=1S/C13H18ClNO/c14-10-4-5-11(12(16)8-10)13(9-15)6-2-1-3-7-13/h4-5,8,16H,1-3,6-7,9,15H2. The molecule has 2 nitrogen and oxygen atoms in total. The summed E-state index contributed by atoms with van der Waals surface area (Å²) in [6.45, 7) is 0.599. The average molecular weight is 240 g/mol. The molecule has 2 rings (SSSR count). The Morgan fingerprint density at radius 3 is 2.50 bits per heavy atom. The van der Waals surface area contributed by atoms with E-state index in [9.17, 15) is 5.11 Å². The highest BCUT2D eigenvalue weighted by molar-refractivity contribution is 6.30. The van der Waals surface area contributed by atoms with E-state index >= 15 is 0 Å². The van der Waals surface area contributed by atoms with E-state index < -0.39 is 0 Å². The third kappa shape index (κ3) is 2.04. The van der Waals surface area contributed by atoms with Crippen LogP contribution >= 0.6 is 11.6 Å². The molecule has 0 radical (unpaired) electrons. The minimum atomic E-state index is -0.0348. The lowest BCUT2D eigenvalue weighted by molar-refractivity contribution is 0.291. The maximum atomic E-state index is 10.00. The molecule has 88 valence electrons. The Balaban J connectivity index is 2.39. The fraction of sp³-hybridized carbons (Fsp3) is 0.538. The Hall–Kier alpha value is -0.730. The van der Waals surface area contributed by atoms with Crippen LogP contribution in [-0.2, 0) is 5.41 Å². The molecular weight excluding hydrogens is 222 g/mol. The number of nitrogens with two attached hydrogens (primary N) is 1. The van der Waals surface area contributed by atoms with E-state index in [1.54, 1.807) is 6.07 Å². The van der Waals surface area contributed by atoms with Gasteiger partial charge in [-0.2, -0.15) is 0 Å². The van der Waals surface area contributed by atoms with E-state index in [1.165, 1.54) is 19.3 Å². The molecule has 1 aromatic rings. The van der Waals surface area contributed by atoms with Gasteiger partial charge in [0.1, 0.15) is 5.75 Å². The van der Waals surface area contributed by atoms with Gasteiger partial charge < -0.3 is 10.8 Å². The minimum absolute atomic E-state index is 0.0348. The van der Waals surface area contributed by atoms with Crippen molar-refractivity contribution in [3.05, 3.63) is 28.8 Å². The Labute approximate surface area is 101 Å². The van der Waals surface area contributed by atoms with Crippen molar-refractivity contribution in [2.24, 2.45) is 5.73 Å². The van der Waals surface area contributed by atoms with Gasteiger partial charge >= 0.3 is 0 Å². The zero-order valence-corrected chi connectivity index (χ0v) is 10.1. The SMILES string of the molecule is NCC1(c2ccc(Cl)cc2O)CCCCC1. The summed E-state index contributed by atoms with van der Waals surface area (Å²) in [5.74, 6) is 0.292. The molecule has 0 atom stereocenters. The van der Waals surface area contributed by atoms with Crippen molar-refractivity contribution >= 4 is 11.6 Å². The lowest BCUT2D eigenvalue weighted by atomic mass is 9.69. The molecule has 3 heteroatoms. The molecule has 1 aliphatic rings. The number of hydrogen-bond acceptors (Lipinski definition) is 2. The van der Waals surface area contributed by atoms with Crippen LogP contribution in [0.15, 0.2) is 18.2 Å². The first-order valence-electron chi connectivity index (χ1n) is 5.87. The zero-order valence-electron chi connectivity index (χ0n) is 9.38. The van der Waals surface area contributed by atoms with E-state index in [-0.39, 0.29) is 5.41 Å². The van der Waals surface area contributed by atoms with Crippen LogP contribution in [0.2, 0.25) is 5.02 Å². The van der Waals surface area contributed by atoms with Crippen LogP contribution in [0, 0.1) is 0 Å². The summed E-state index contributed by atoms with van der Waals surface area (Å²) in [6, 6.07) is 5.38. The second-order valence-corrected chi connectivity index (χ2v) is 5.14. The van der Waals surface area contributed by atoms with Crippen LogP contribution < -0.4 is 5.73 Å². The van der Waals surface area contributed by atoms with Gasteiger partial charge in [0.05, 0.1) is 0 Å². The van der Waals surface area contributed by atoms with E-state index in [4.69, 9.17) is 17.3 Å². The monoisotopic (exact) mass is 239 g/mol. The van der Waals surface area contributed by atoms with Gasteiger partial charge in [-0.1, -0.05) is 36.9 Å². The molecule has 16 heavy (non-hydrogen) atoms. The number of benzene rings is 1. The number of phenolic OH excluding ortho intramolecular Hbond substituents is 1. The van der Waals surface area contributed by atoms with E-state index in [1.807, 2.05) is 12.1 Å². The van der Waals surface area contributed by atoms with E-state index in [0.29, 0.717) is 17.3 Å².